The summed E-state index contributed by atoms with van der Waals surface area (Å²) in [6, 6.07) is 7.19. The second-order valence-electron chi connectivity index (χ2n) is 4.88. The largest absolute Gasteiger partial charge is 0.491 e. The molecule has 0 atom stereocenters. The van der Waals surface area contributed by atoms with Gasteiger partial charge < -0.3 is 29.0 Å². The lowest BCUT2D eigenvalue weighted by Crippen LogP contribution is -2.13. The molecule has 0 bridgehead atoms. The molecule has 1 amide bonds. The first-order chi connectivity index (χ1) is 11.7. The van der Waals surface area contributed by atoms with Crippen LogP contribution < -0.4 is 10.1 Å². The van der Waals surface area contributed by atoms with Crippen LogP contribution in [0.5, 0.6) is 5.75 Å². The molecule has 0 aromatic heterocycles. The Bertz CT molecular complexity index is 437. The molecule has 1 aromatic rings. The number of methoxy groups -OCH3 is 1. The van der Waals surface area contributed by atoms with Crippen LogP contribution in [0.3, 0.4) is 0 Å². The third-order valence-electron chi connectivity index (χ3n) is 2.85. The molecule has 1 N–H and O–H groups in total. The maximum absolute atomic E-state index is 10.9. The van der Waals surface area contributed by atoms with E-state index in [-0.39, 0.29) is 5.91 Å². The molecule has 0 aliphatic rings. The van der Waals surface area contributed by atoms with Gasteiger partial charge in [-0.25, -0.2) is 0 Å². The molecule has 0 saturated heterocycles. The first-order valence-corrected chi connectivity index (χ1v) is 7.95. The Kier molecular flexibility index (Phi) is 11.7. The third kappa shape index (κ3) is 11.0. The van der Waals surface area contributed by atoms with E-state index < -0.39 is 0 Å². The van der Waals surface area contributed by atoms with Gasteiger partial charge in [-0.05, 0) is 24.3 Å². The molecule has 1 aromatic carbocycles. The van der Waals surface area contributed by atoms with E-state index in [0.29, 0.717) is 52.9 Å². The number of anilines is 1. The Labute approximate surface area is 143 Å². The lowest BCUT2D eigenvalue weighted by molar-refractivity contribution is -0.114. The van der Waals surface area contributed by atoms with Gasteiger partial charge in [0.2, 0.25) is 5.91 Å². The minimum atomic E-state index is -0.0965. The highest BCUT2D eigenvalue weighted by Crippen LogP contribution is 2.15. The molecular weight excluding hydrogens is 314 g/mol. The summed E-state index contributed by atoms with van der Waals surface area (Å²) >= 11 is 0. The molecule has 0 fully saturated rings. The van der Waals surface area contributed by atoms with Crippen LogP contribution in [-0.2, 0) is 23.7 Å². The number of carbonyl (C=O) groups is 1. The minimum Gasteiger partial charge on any atom is -0.491 e. The third-order valence-corrected chi connectivity index (χ3v) is 2.85. The smallest absolute Gasteiger partial charge is 0.221 e. The first kappa shape index (κ1) is 20.4. The summed E-state index contributed by atoms with van der Waals surface area (Å²) in [6.07, 6.45) is 0. The van der Waals surface area contributed by atoms with Gasteiger partial charge in [0.15, 0.2) is 0 Å². The topological polar surface area (TPSA) is 75.2 Å². The summed E-state index contributed by atoms with van der Waals surface area (Å²) in [5.41, 5.74) is 0.745. The predicted molar refractivity (Wildman–Crippen MR) is 90.6 cm³/mol. The van der Waals surface area contributed by atoms with E-state index in [1.165, 1.54) is 6.92 Å². The van der Waals surface area contributed by atoms with E-state index in [1.807, 2.05) is 0 Å². The highest BCUT2D eigenvalue weighted by Gasteiger charge is 1.97. The molecule has 0 aliphatic carbocycles. The zero-order valence-corrected chi connectivity index (χ0v) is 14.4. The van der Waals surface area contributed by atoms with Crippen molar-refractivity contribution in [2.24, 2.45) is 0 Å². The molecular formula is C17H27NO6. The Balaban J connectivity index is 1.92. The number of nitrogens with one attached hydrogen (secondary N) is 1. The molecule has 0 radical (unpaired) electrons. The monoisotopic (exact) mass is 341 g/mol. The Morgan fingerprint density at radius 1 is 0.833 bits per heavy atom. The second-order valence-corrected chi connectivity index (χ2v) is 4.88. The zero-order chi connectivity index (χ0) is 17.5. The molecule has 7 nitrogen and oxygen atoms in total. The van der Waals surface area contributed by atoms with Crippen molar-refractivity contribution in [1.82, 2.24) is 0 Å². The number of hydrogen-bond acceptors (Lipinski definition) is 6. The molecule has 0 saturated carbocycles. The van der Waals surface area contributed by atoms with Crippen LogP contribution in [0, 0.1) is 0 Å². The Morgan fingerprint density at radius 2 is 1.33 bits per heavy atom. The van der Waals surface area contributed by atoms with Crippen molar-refractivity contribution < 1.29 is 28.5 Å². The standard InChI is InChI=1S/C17H27NO6/c1-15(19)18-16-3-5-17(6-4-16)24-14-13-23-12-11-22-10-9-21-8-7-20-2/h3-6H,7-14H2,1-2H3,(H,18,19). The van der Waals surface area contributed by atoms with Gasteiger partial charge in [0.05, 0.1) is 46.2 Å². The van der Waals surface area contributed by atoms with Crippen LogP contribution in [0.15, 0.2) is 24.3 Å². The average molecular weight is 341 g/mol. The molecule has 0 heterocycles. The van der Waals surface area contributed by atoms with E-state index >= 15 is 0 Å². The first-order valence-electron chi connectivity index (χ1n) is 7.95. The van der Waals surface area contributed by atoms with Crippen LogP contribution in [0.2, 0.25) is 0 Å². The van der Waals surface area contributed by atoms with E-state index in [1.54, 1.807) is 31.4 Å². The summed E-state index contributed by atoms with van der Waals surface area (Å²) in [5, 5.41) is 2.70. The van der Waals surface area contributed by atoms with Gasteiger partial charge in [-0.15, -0.1) is 0 Å². The maximum atomic E-state index is 10.9. The zero-order valence-electron chi connectivity index (χ0n) is 14.4. The number of carbonyl (C=O) groups excluding carboxylic acids is 1. The van der Waals surface area contributed by atoms with Crippen LogP contribution in [0.4, 0.5) is 5.69 Å². The van der Waals surface area contributed by atoms with Crippen LogP contribution >= 0.6 is 0 Å². The number of amides is 1. The second kappa shape index (κ2) is 13.7. The Morgan fingerprint density at radius 3 is 1.83 bits per heavy atom. The molecule has 0 unspecified atom stereocenters. The fourth-order valence-corrected chi connectivity index (χ4v) is 1.74. The average Bonchev–Trinajstić information content (AvgIpc) is 2.57. The van der Waals surface area contributed by atoms with Gasteiger partial charge >= 0.3 is 0 Å². The van der Waals surface area contributed by atoms with Gasteiger partial charge in [-0.2, -0.15) is 0 Å². The van der Waals surface area contributed by atoms with Crippen LogP contribution in [-0.4, -0.2) is 65.9 Å². The molecule has 1 rings (SSSR count). The fourth-order valence-electron chi connectivity index (χ4n) is 1.74. The lowest BCUT2D eigenvalue weighted by Gasteiger charge is -2.09. The number of benzene rings is 1. The SMILES string of the molecule is COCCOCCOCCOCCOc1ccc(NC(C)=O)cc1. The van der Waals surface area contributed by atoms with Crippen molar-refractivity contribution in [2.45, 2.75) is 6.92 Å². The number of rotatable bonds is 14. The van der Waals surface area contributed by atoms with E-state index in [2.05, 4.69) is 5.32 Å². The van der Waals surface area contributed by atoms with Crippen molar-refractivity contribution in [3.8, 4) is 5.75 Å². The van der Waals surface area contributed by atoms with Crippen molar-refractivity contribution in [2.75, 3.05) is 65.3 Å². The summed E-state index contributed by atoms with van der Waals surface area (Å²) in [6.45, 7) is 5.74. The minimum absolute atomic E-state index is 0.0965. The summed E-state index contributed by atoms with van der Waals surface area (Å²) in [7, 11) is 1.64. The molecule has 24 heavy (non-hydrogen) atoms. The van der Waals surface area contributed by atoms with Gasteiger partial charge in [0.25, 0.3) is 0 Å². The van der Waals surface area contributed by atoms with Gasteiger partial charge in [-0.3, -0.25) is 4.79 Å². The number of ether oxygens (including phenoxy) is 5. The predicted octanol–water partition coefficient (Wildman–Crippen LogP) is 1.72. The molecule has 136 valence electrons. The van der Waals surface area contributed by atoms with Crippen molar-refractivity contribution in [1.29, 1.82) is 0 Å². The Hall–Kier alpha value is -1.67. The molecule has 0 spiro atoms. The highest BCUT2D eigenvalue weighted by atomic mass is 16.6. The number of hydrogen-bond donors (Lipinski definition) is 1. The van der Waals surface area contributed by atoms with E-state index in [9.17, 15) is 4.79 Å². The van der Waals surface area contributed by atoms with Crippen molar-refractivity contribution >= 4 is 11.6 Å². The normalized spacial score (nSPS) is 10.6. The lowest BCUT2D eigenvalue weighted by atomic mass is 10.3. The van der Waals surface area contributed by atoms with Crippen molar-refractivity contribution in [3.05, 3.63) is 24.3 Å². The van der Waals surface area contributed by atoms with Gasteiger partial charge in [0.1, 0.15) is 12.4 Å². The maximum Gasteiger partial charge on any atom is 0.221 e. The van der Waals surface area contributed by atoms with Crippen molar-refractivity contribution in [3.63, 3.8) is 0 Å². The van der Waals surface area contributed by atoms with Gasteiger partial charge in [-0.1, -0.05) is 0 Å². The fraction of sp³-hybridized carbons (Fsp3) is 0.588. The molecule has 7 heteroatoms. The summed E-state index contributed by atoms with van der Waals surface area (Å²) < 4.78 is 26.4. The molecule has 0 aliphatic heterocycles. The van der Waals surface area contributed by atoms with E-state index in [0.717, 1.165) is 11.4 Å². The van der Waals surface area contributed by atoms with Crippen LogP contribution in [0.25, 0.3) is 0 Å². The van der Waals surface area contributed by atoms with E-state index in [4.69, 9.17) is 23.7 Å². The highest BCUT2D eigenvalue weighted by molar-refractivity contribution is 5.88. The summed E-state index contributed by atoms with van der Waals surface area (Å²) in [4.78, 5) is 10.9. The van der Waals surface area contributed by atoms with Gasteiger partial charge in [0, 0.05) is 19.7 Å². The quantitative estimate of drug-likeness (QED) is 0.519. The summed E-state index contributed by atoms with van der Waals surface area (Å²) in [5.74, 6) is 0.637. The van der Waals surface area contributed by atoms with Crippen LogP contribution in [0.1, 0.15) is 6.92 Å².